The van der Waals surface area contributed by atoms with Gasteiger partial charge >= 0.3 is 0 Å². The Morgan fingerprint density at radius 1 is 1.21 bits per heavy atom. The largest absolute Gasteiger partial charge is 0.325 e. The Bertz CT molecular complexity index is 760. The zero-order chi connectivity index (χ0) is 17.4. The monoisotopic (exact) mass is 364 g/mol. The molecule has 0 fully saturated rings. The molecule has 0 bridgehead atoms. The van der Waals surface area contributed by atoms with Crippen LogP contribution in [0.3, 0.4) is 0 Å². The van der Waals surface area contributed by atoms with E-state index in [0.717, 1.165) is 16.2 Å². The molecule has 0 radical (unpaired) electrons. The Kier molecular flexibility index (Phi) is 6.81. The summed E-state index contributed by atoms with van der Waals surface area (Å²) in [5, 5.41) is 2.62. The number of aromatic nitrogens is 1. The second-order valence-corrected chi connectivity index (χ2v) is 8.55. The number of amides is 1. The van der Waals surface area contributed by atoms with Gasteiger partial charge in [0, 0.05) is 28.7 Å². The van der Waals surface area contributed by atoms with Gasteiger partial charge in [0.15, 0.2) is 9.84 Å². The predicted molar refractivity (Wildman–Crippen MR) is 97.8 cm³/mol. The van der Waals surface area contributed by atoms with Gasteiger partial charge < -0.3 is 5.32 Å². The molecule has 1 N–H and O–H groups in total. The van der Waals surface area contributed by atoms with E-state index < -0.39 is 21.5 Å². The molecule has 5 nitrogen and oxygen atoms in total. The van der Waals surface area contributed by atoms with Crippen molar-refractivity contribution in [1.29, 1.82) is 0 Å². The fraction of sp³-hybridized carbons (Fsp3) is 0.294. The van der Waals surface area contributed by atoms with Crippen LogP contribution in [0.15, 0.2) is 53.7 Å². The van der Waals surface area contributed by atoms with Crippen LogP contribution in [-0.2, 0) is 20.4 Å². The van der Waals surface area contributed by atoms with Crippen molar-refractivity contribution in [2.45, 2.75) is 24.0 Å². The quantitative estimate of drug-likeness (QED) is 0.728. The van der Waals surface area contributed by atoms with E-state index in [9.17, 15) is 13.2 Å². The lowest BCUT2D eigenvalue weighted by atomic mass is 10.3. The molecular weight excluding hydrogens is 344 g/mol. The molecule has 1 heterocycles. The number of nitrogens with zero attached hydrogens (tertiary/aromatic N) is 1. The summed E-state index contributed by atoms with van der Waals surface area (Å²) < 4.78 is 23.3. The highest BCUT2D eigenvalue weighted by atomic mass is 32.2. The van der Waals surface area contributed by atoms with Crippen molar-refractivity contribution in [2.24, 2.45) is 0 Å². The molecule has 7 heteroatoms. The van der Waals surface area contributed by atoms with E-state index >= 15 is 0 Å². The molecule has 0 saturated heterocycles. The van der Waals surface area contributed by atoms with Crippen LogP contribution in [0, 0.1) is 0 Å². The smallest absolute Gasteiger partial charge is 0.239 e. The van der Waals surface area contributed by atoms with Crippen molar-refractivity contribution in [3.8, 4) is 0 Å². The van der Waals surface area contributed by atoms with Gasteiger partial charge in [-0.25, -0.2) is 8.42 Å². The number of carbonyl (C=O) groups is 1. The number of nitrogens with one attached hydrogen (secondary N) is 1. The van der Waals surface area contributed by atoms with E-state index in [1.807, 2.05) is 30.5 Å². The molecule has 1 aromatic heterocycles. The Morgan fingerprint density at radius 3 is 2.58 bits per heavy atom. The number of sulfone groups is 1. The minimum Gasteiger partial charge on any atom is -0.325 e. The normalized spacial score (nSPS) is 11.2. The third kappa shape index (κ3) is 6.33. The number of rotatable bonds is 8. The molecule has 24 heavy (non-hydrogen) atoms. The average molecular weight is 364 g/mol. The minimum atomic E-state index is -3.32. The van der Waals surface area contributed by atoms with E-state index in [1.54, 1.807) is 37.0 Å². The van der Waals surface area contributed by atoms with Gasteiger partial charge in [0.25, 0.3) is 0 Å². The van der Waals surface area contributed by atoms with Crippen LogP contribution < -0.4 is 5.32 Å². The van der Waals surface area contributed by atoms with Crippen molar-refractivity contribution in [1.82, 2.24) is 4.98 Å². The second-order valence-electron chi connectivity index (χ2n) is 5.31. The first-order valence-corrected chi connectivity index (χ1v) is 10.4. The lowest BCUT2D eigenvalue weighted by Crippen LogP contribution is -2.24. The molecule has 0 saturated carbocycles. The third-order valence-electron chi connectivity index (χ3n) is 3.13. The molecule has 0 unspecified atom stereocenters. The van der Waals surface area contributed by atoms with Gasteiger partial charge in [-0.2, -0.15) is 0 Å². The molecule has 2 rings (SSSR count). The SMILES string of the molecule is CCCS(=O)(=O)CC(=O)Nc1ccc(SCc2cccnc2)cc1. The summed E-state index contributed by atoms with van der Waals surface area (Å²) in [6, 6.07) is 11.3. The fourth-order valence-electron chi connectivity index (χ4n) is 2.06. The number of anilines is 1. The first-order valence-electron chi connectivity index (χ1n) is 7.60. The number of hydrogen-bond donors (Lipinski definition) is 1. The maximum atomic E-state index is 11.8. The van der Waals surface area contributed by atoms with Gasteiger partial charge in [-0.1, -0.05) is 13.0 Å². The molecule has 1 amide bonds. The minimum absolute atomic E-state index is 0.0321. The van der Waals surface area contributed by atoms with Crippen molar-refractivity contribution in [2.75, 3.05) is 16.8 Å². The van der Waals surface area contributed by atoms with Crippen LogP contribution >= 0.6 is 11.8 Å². The molecule has 0 aliphatic rings. The molecule has 1 aromatic carbocycles. The fourth-order valence-corrected chi connectivity index (χ4v) is 4.14. The molecule has 2 aromatic rings. The zero-order valence-electron chi connectivity index (χ0n) is 13.4. The lowest BCUT2D eigenvalue weighted by molar-refractivity contribution is -0.113. The first-order chi connectivity index (χ1) is 11.5. The van der Waals surface area contributed by atoms with Gasteiger partial charge in [0.05, 0.1) is 5.75 Å². The summed E-state index contributed by atoms with van der Waals surface area (Å²) in [5.74, 6) is -0.128. The average Bonchev–Trinajstić information content (AvgIpc) is 2.54. The van der Waals surface area contributed by atoms with Crippen molar-refractivity contribution in [3.63, 3.8) is 0 Å². The highest BCUT2D eigenvalue weighted by molar-refractivity contribution is 7.98. The Morgan fingerprint density at radius 2 is 1.96 bits per heavy atom. The Balaban J connectivity index is 1.86. The summed E-state index contributed by atoms with van der Waals surface area (Å²) in [4.78, 5) is 16.9. The standard InChI is InChI=1S/C17H20N2O3S2/c1-2-10-24(21,22)13-17(20)19-15-5-7-16(8-6-15)23-12-14-4-3-9-18-11-14/h3-9,11H,2,10,12-13H2,1H3,(H,19,20). The summed E-state index contributed by atoms with van der Waals surface area (Å²) in [5.41, 5.74) is 1.73. The Hall–Kier alpha value is -1.86. The molecule has 0 spiro atoms. The summed E-state index contributed by atoms with van der Waals surface area (Å²) in [6.07, 6.45) is 4.09. The first kappa shape index (κ1) is 18.5. The summed E-state index contributed by atoms with van der Waals surface area (Å²) >= 11 is 1.67. The van der Waals surface area contributed by atoms with E-state index in [4.69, 9.17) is 0 Å². The molecule has 0 aliphatic carbocycles. The number of carbonyl (C=O) groups excluding carboxylic acids is 1. The topological polar surface area (TPSA) is 76.1 Å². The number of pyridine rings is 1. The van der Waals surface area contributed by atoms with Gasteiger partial charge in [0.1, 0.15) is 5.75 Å². The van der Waals surface area contributed by atoms with Crippen LogP contribution in [0.4, 0.5) is 5.69 Å². The number of thioether (sulfide) groups is 1. The van der Waals surface area contributed by atoms with Crippen molar-refractivity contribution in [3.05, 3.63) is 54.4 Å². The zero-order valence-corrected chi connectivity index (χ0v) is 15.1. The van der Waals surface area contributed by atoms with E-state index in [0.29, 0.717) is 12.1 Å². The van der Waals surface area contributed by atoms with Gasteiger partial charge in [-0.15, -0.1) is 11.8 Å². The Labute approximate surface area is 146 Å². The molecule has 128 valence electrons. The maximum absolute atomic E-state index is 11.8. The van der Waals surface area contributed by atoms with E-state index in [2.05, 4.69) is 10.3 Å². The van der Waals surface area contributed by atoms with Crippen LogP contribution in [0.25, 0.3) is 0 Å². The summed E-state index contributed by atoms with van der Waals surface area (Å²) in [6.45, 7) is 1.78. The van der Waals surface area contributed by atoms with Crippen LogP contribution in [0.5, 0.6) is 0 Å². The van der Waals surface area contributed by atoms with Gasteiger partial charge in [0.2, 0.25) is 5.91 Å². The number of benzene rings is 1. The van der Waals surface area contributed by atoms with E-state index in [-0.39, 0.29) is 5.75 Å². The van der Waals surface area contributed by atoms with Crippen molar-refractivity contribution < 1.29 is 13.2 Å². The van der Waals surface area contributed by atoms with E-state index in [1.165, 1.54) is 0 Å². The molecular formula is C17H20N2O3S2. The molecule has 0 aliphatic heterocycles. The van der Waals surface area contributed by atoms with Gasteiger partial charge in [-0.05, 0) is 42.3 Å². The van der Waals surface area contributed by atoms with Crippen LogP contribution in [-0.4, -0.2) is 30.8 Å². The number of hydrogen-bond acceptors (Lipinski definition) is 5. The van der Waals surface area contributed by atoms with Crippen molar-refractivity contribution >= 4 is 33.2 Å². The molecule has 0 atom stereocenters. The highest BCUT2D eigenvalue weighted by Crippen LogP contribution is 2.23. The predicted octanol–water partition coefficient (Wildman–Crippen LogP) is 3.14. The van der Waals surface area contributed by atoms with Crippen LogP contribution in [0.2, 0.25) is 0 Å². The maximum Gasteiger partial charge on any atom is 0.239 e. The lowest BCUT2D eigenvalue weighted by Gasteiger charge is -2.07. The van der Waals surface area contributed by atoms with Gasteiger partial charge in [-0.3, -0.25) is 9.78 Å². The third-order valence-corrected chi connectivity index (χ3v) is 5.95. The summed E-state index contributed by atoms with van der Waals surface area (Å²) in [7, 11) is -3.32. The highest BCUT2D eigenvalue weighted by Gasteiger charge is 2.15. The van der Waals surface area contributed by atoms with Crippen LogP contribution in [0.1, 0.15) is 18.9 Å². The second kappa shape index (κ2) is 8.84.